The van der Waals surface area contributed by atoms with Crippen molar-refractivity contribution in [1.82, 2.24) is 4.90 Å². The van der Waals surface area contributed by atoms with E-state index in [1.165, 1.54) is 19.3 Å². The fraction of sp³-hybridized carbons (Fsp3) is 0.833. The molecule has 0 aromatic rings. The number of nitrogens with zero attached hydrogens (tertiary/aromatic N) is 2. The molecule has 0 spiro atoms. The first-order valence-corrected chi connectivity index (χ1v) is 6.03. The Morgan fingerprint density at radius 3 is 2.53 bits per heavy atom. The van der Waals surface area contributed by atoms with Crippen LogP contribution in [0.25, 0.3) is 0 Å². The molecule has 1 aliphatic carbocycles. The third kappa shape index (κ3) is 2.14. The monoisotopic (exact) mass is 206 g/mol. The molecule has 2 rings (SSSR count). The van der Waals surface area contributed by atoms with Gasteiger partial charge < -0.3 is 4.90 Å². The Morgan fingerprint density at radius 2 is 1.87 bits per heavy atom. The number of hydrogen-bond acceptors (Lipinski definition) is 2. The van der Waals surface area contributed by atoms with E-state index in [9.17, 15) is 4.79 Å². The van der Waals surface area contributed by atoms with Crippen LogP contribution in [0.15, 0.2) is 0 Å². The maximum atomic E-state index is 12.1. The minimum Gasteiger partial charge on any atom is -0.326 e. The van der Waals surface area contributed by atoms with Crippen LogP contribution in [0.4, 0.5) is 0 Å². The SMILES string of the molecule is N#CC1CCCN1C(=O)C1CCCCC1. The van der Waals surface area contributed by atoms with E-state index in [2.05, 4.69) is 6.07 Å². The highest BCUT2D eigenvalue weighted by Crippen LogP contribution is 2.28. The van der Waals surface area contributed by atoms with Crippen LogP contribution in [-0.4, -0.2) is 23.4 Å². The minimum atomic E-state index is -0.139. The molecular formula is C12H18N2O. The first-order chi connectivity index (χ1) is 7.33. The third-order valence-corrected chi connectivity index (χ3v) is 3.64. The van der Waals surface area contributed by atoms with Gasteiger partial charge in [-0.2, -0.15) is 5.26 Å². The molecule has 0 bridgehead atoms. The van der Waals surface area contributed by atoms with Gasteiger partial charge in [-0.1, -0.05) is 19.3 Å². The Labute approximate surface area is 91.1 Å². The Balaban J connectivity index is 1.97. The highest BCUT2D eigenvalue weighted by molar-refractivity contribution is 5.79. The molecule has 15 heavy (non-hydrogen) atoms. The Kier molecular flexibility index (Phi) is 3.25. The van der Waals surface area contributed by atoms with Gasteiger partial charge >= 0.3 is 0 Å². The van der Waals surface area contributed by atoms with Gasteiger partial charge in [-0.25, -0.2) is 0 Å². The molecular weight excluding hydrogens is 188 g/mol. The van der Waals surface area contributed by atoms with E-state index in [0.717, 1.165) is 32.2 Å². The molecule has 1 amide bonds. The van der Waals surface area contributed by atoms with Gasteiger partial charge in [0.1, 0.15) is 6.04 Å². The maximum Gasteiger partial charge on any atom is 0.226 e. The average Bonchev–Trinajstić information content (AvgIpc) is 2.77. The van der Waals surface area contributed by atoms with Gasteiger partial charge in [-0.05, 0) is 25.7 Å². The fourth-order valence-electron chi connectivity index (χ4n) is 2.75. The molecule has 1 saturated carbocycles. The van der Waals surface area contributed by atoms with Crippen LogP contribution in [0.3, 0.4) is 0 Å². The zero-order valence-electron chi connectivity index (χ0n) is 9.11. The van der Waals surface area contributed by atoms with Crippen LogP contribution in [0.2, 0.25) is 0 Å². The summed E-state index contributed by atoms with van der Waals surface area (Å²) in [4.78, 5) is 14.0. The normalized spacial score (nSPS) is 27.7. The summed E-state index contributed by atoms with van der Waals surface area (Å²) in [7, 11) is 0. The highest BCUT2D eigenvalue weighted by Gasteiger charge is 2.33. The van der Waals surface area contributed by atoms with Crippen molar-refractivity contribution >= 4 is 5.91 Å². The molecule has 82 valence electrons. The first-order valence-electron chi connectivity index (χ1n) is 6.03. The predicted octanol–water partition coefficient (Wildman–Crippen LogP) is 2.08. The van der Waals surface area contributed by atoms with Crippen molar-refractivity contribution in [2.75, 3.05) is 6.54 Å². The second-order valence-electron chi connectivity index (χ2n) is 4.65. The molecule has 0 N–H and O–H groups in total. The van der Waals surface area contributed by atoms with Crippen molar-refractivity contribution < 1.29 is 4.79 Å². The number of carbonyl (C=O) groups excluding carboxylic acids is 1. The number of carbonyl (C=O) groups is 1. The lowest BCUT2D eigenvalue weighted by Gasteiger charge is -2.27. The summed E-state index contributed by atoms with van der Waals surface area (Å²) in [6.07, 6.45) is 7.57. The van der Waals surface area contributed by atoms with Gasteiger partial charge in [0.05, 0.1) is 6.07 Å². The Morgan fingerprint density at radius 1 is 1.13 bits per heavy atom. The number of amides is 1. The van der Waals surface area contributed by atoms with Gasteiger partial charge in [0.2, 0.25) is 5.91 Å². The molecule has 2 fully saturated rings. The van der Waals surface area contributed by atoms with Crippen molar-refractivity contribution in [2.45, 2.75) is 51.0 Å². The average molecular weight is 206 g/mol. The molecule has 1 saturated heterocycles. The summed E-state index contributed by atoms with van der Waals surface area (Å²) in [5.41, 5.74) is 0. The Hall–Kier alpha value is -1.04. The van der Waals surface area contributed by atoms with Crippen LogP contribution in [-0.2, 0) is 4.79 Å². The van der Waals surface area contributed by atoms with E-state index in [1.54, 1.807) is 0 Å². The second-order valence-corrected chi connectivity index (χ2v) is 4.65. The van der Waals surface area contributed by atoms with Gasteiger partial charge in [0.25, 0.3) is 0 Å². The minimum absolute atomic E-state index is 0.139. The molecule has 1 atom stereocenters. The van der Waals surface area contributed by atoms with Gasteiger partial charge in [-0.3, -0.25) is 4.79 Å². The summed E-state index contributed by atoms with van der Waals surface area (Å²) in [5, 5.41) is 8.94. The topological polar surface area (TPSA) is 44.1 Å². The molecule has 1 aliphatic heterocycles. The molecule has 2 aliphatic rings. The van der Waals surface area contributed by atoms with Crippen molar-refractivity contribution in [1.29, 1.82) is 5.26 Å². The van der Waals surface area contributed by atoms with E-state index < -0.39 is 0 Å². The van der Waals surface area contributed by atoms with Crippen LogP contribution in [0.5, 0.6) is 0 Å². The van der Waals surface area contributed by atoms with Crippen molar-refractivity contribution in [3.8, 4) is 6.07 Å². The van der Waals surface area contributed by atoms with E-state index in [4.69, 9.17) is 5.26 Å². The predicted molar refractivity (Wildman–Crippen MR) is 56.9 cm³/mol. The molecule has 0 aromatic carbocycles. The van der Waals surface area contributed by atoms with Crippen LogP contribution in [0.1, 0.15) is 44.9 Å². The fourth-order valence-corrected chi connectivity index (χ4v) is 2.75. The first kappa shape index (κ1) is 10.5. The summed E-state index contributed by atoms with van der Waals surface area (Å²) < 4.78 is 0. The molecule has 3 heteroatoms. The highest BCUT2D eigenvalue weighted by atomic mass is 16.2. The summed E-state index contributed by atoms with van der Waals surface area (Å²) in [6, 6.07) is 2.10. The lowest BCUT2D eigenvalue weighted by atomic mass is 9.88. The van der Waals surface area contributed by atoms with Crippen molar-refractivity contribution in [2.24, 2.45) is 5.92 Å². The van der Waals surface area contributed by atoms with Gasteiger partial charge in [-0.15, -0.1) is 0 Å². The second kappa shape index (κ2) is 4.65. The summed E-state index contributed by atoms with van der Waals surface area (Å²) in [5.74, 6) is 0.464. The number of likely N-dealkylation sites (tertiary alicyclic amines) is 1. The van der Waals surface area contributed by atoms with Crippen LogP contribution < -0.4 is 0 Å². The largest absolute Gasteiger partial charge is 0.326 e. The van der Waals surface area contributed by atoms with Crippen LogP contribution in [0, 0.1) is 17.2 Å². The van der Waals surface area contributed by atoms with E-state index in [1.807, 2.05) is 4.90 Å². The zero-order chi connectivity index (χ0) is 10.7. The van der Waals surface area contributed by atoms with E-state index in [-0.39, 0.29) is 17.9 Å². The van der Waals surface area contributed by atoms with Gasteiger partial charge in [0, 0.05) is 12.5 Å². The number of nitriles is 1. The van der Waals surface area contributed by atoms with E-state index in [0.29, 0.717) is 0 Å². The van der Waals surface area contributed by atoms with Crippen molar-refractivity contribution in [3.05, 3.63) is 0 Å². The third-order valence-electron chi connectivity index (χ3n) is 3.64. The lowest BCUT2D eigenvalue weighted by Crippen LogP contribution is -2.39. The lowest BCUT2D eigenvalue weighted by molar-refractivity contribution is -0.136. The molecule has 1 unspecified atom stereocenters. The Bertz CT molecular complexity index is 276. The number of rotatable bonds is 1. The van der Waals surface area contributed by atoms with E-state index >= 15 is 0 Å². The molecule has 0 aromatic heterocycles. The quantitative estimate of drug-likeness (QED) is 0.659. The smallest absolute Gasteiger partial charge is 0.226 e. The van der Waals surface area contributed by atoms with Crippen molar-refractivity contribution in [3.63, 3.8) is 0 Å². The summed E-state index contributed by atoms with van der Waals surface area (Å²) in [6.45, 7) is 0.799. The van der Waals surface area contributed by atoms with Gasteiger partial charge in [0.15, 0.2) is 0 Å². The maximum absolute atomic E-state index is 12.1. The molecule has 3 nitrogen and oxygen atoms in total. The molecule has 0 radical (unpaired) electrons. The standard InChI is InChI=1S/C12H18N2O/c13-9-11-7-4-8-14(11)12(15)10-5-2-1-3-6-10/h10-11H,1-8H2. The number of hydrogen-bond donors (Lipinski definition) is 0. The zero-order valence-corrected chi connectivity index (χ0v) is 9.11. The van der Waals surface area contributed by atoms with Crippen LogP contribution >= 0.6 is 0 Å². The summed E-state index contributed by atoms with van der Waals surface area (Å²) >= 11 is 0. The molecule has 1 heterocycles.